The topological polar surface area (TPSA) is 83.6 Å². The Bertz CT molecular complexity index is 294. The summed E-state index contributed by atoms with van der Waals surface area (Å²) < 4.78 is 0. The third-order valence-corrected chi connectivity index (χ3v) is 3.56. The van der Waals surface area contributed by atoms with Crippen LogP contribution in [0.3, 0.4) is 0 Å². The largest absolute Gasteiger partial charge is 0.480 e. The summed E-state index contributed by atoms with van der Waals surface area (Å²) in [6.07, 6.45) is 5.08. The van der Waals surface area contributed by atoms with Crippen molar-refractivity contribution in [2.75, 3.05) is 13.1 Å². The first-order valence-electron chi connectivity index (χ1n) is 6.82. The molecule has 0 aliphatic carbocycles. The third-order valence-electron chi connectivity index (χ3n) is 3.56. The van der Waals surface area contributed by atoms with Crippen molar-refractivity contribution in [1.29, 1.82) is 0 Å². The van der Waals surface area contributed by atoms with E-state index in [1.807, 2.05) is 0 Å². The minimum absolute atomic E-state index is 0.0617. The first-order valence-corrected chi connectivity index (χ1v) is 6.82. The van der Waals surface area contributed by atoms with E-state index in [2.05, 4.69) is 6.92 Å². The minimum Gasteiger partial charge on any atom is -0.480 e. The van der Waals surface area contributed by atoms with Crippen LogP contribution in [-0.4, -0.2) is 41.0 Å². The average Bonchev–Trinajstić information content (AvgIpc) is 2.70. The maximum atomic E-state index is 11.8. The number of rotatable bonds is 8. The van der Waals surface area contributed by atoms with Gasteiger partial charge in [0, 0.05) is 13.0 Å². The van der Waals surface area contributed by atoms with Gasteiger partial charge in [-0.05, 0) is 18.9 Å². The van der Waals surface area contributed by atoms with Gasteiger partial charge in [0.2, 0.25) is 5.91 Å². The van der Waals surface area contributed by atoms with E-state index < -0.39 is 12.0 Å². The van der Waals surface area contributed by atoms with Gasteiger partial charge < -0.3 is 15.7 Å². The minimum atomic E-state index is -0.891. The zero-order valence-corrected chi connectivity index (χ0v) is 11.1. The number of hydrogen-bond acceptors (Lipinski definition) is 3. The van der Waals surface area contributed by atoms with E-state index in [0.717, 1.165) is 25.7 Å². The number of carbonyl (C=O) groups is 2. The maximum absolute atomic E-state index is 11.8. The van der Waals surface area contributed by atoms with E-state index in [1.54, 1.807) is 0 Å². The molecule has 1 heterocycles. The highest BCUT2D eigenvalue weighted by Crippen LogP contribution is 2.22. The van der Waals surface area contributed by atoms with E-state index in [-0.39, 0.29) is 11.8 Å². The van der Waals surface area contributed by atoms with Gasteiger partial charge in [-0.2, -0.15) is 0 Å². The fraction of sp³-hybridized carbons (Fsp3) is 0.846. The monoisotopic (exact) mass is 256 g/mol. The number of carboxylic acid groups (broad SMARTS) is 1. The fourth-order valence-corrected chi connectivity index (χ4v) is 2.44. The molecule has 2 atom stereocenters. The SMILES string of the molecule is CCCCCCC(C(=O)O)N1CC(CN)CC1=O. The van der Waals surface area contributed by atoms with Crippen molar-refractivity contribution in [3.8, 4) is 0 Å². The Morgan fingerprint density at radius 3 is 2.72 bits per heavy atom. The first-order chi connectivity index (χ1) is 8.60. The molecular weight excluding hydrogens is 232 g/mol. The molecule has 1 saturated heterocycles. The molecule has 5 nitrogen and oxygen atoms in total. The molecule has 0 radical (unpaired) electrons. The fourth-order valence-electron chi connectivity index (χ4n) is 2.44. The Kier molecular flexibility index (Phi) is 6.12. The number of nitrogens with two attached hydrogens (primary N) is 1. The lowest BCUT2D eigenvalue weighted by atomic mass is 10.1. The van der Waals surface area contributed by atoms with Crippen molar-refractivity contribution in [2.45, 2.75) is 51.5 Å². The lowest BCUT2D eigenvalue weighted by Gasteiger charge is -2.24. The molecule has 0 aromatic heterocycles. The Morgan fingerprint density at radius 1 is 1.50 bits per heavy atom. The van der Waals surface area contributed by atoms with Crippen molar-refractivity contribution >= 4 is 11.9 Å². The third kappa shape index (κ3) is 3.98. The van der Waals surface area contributed by atoms with Gasteiger partial charge in [-0.25, -0.2) is 4.79 Å². The summed E-state index contributed by atoms with van der Waals surface area (Å²) >= 11 is 0. The summed E-state index contributed by atoms with van der Waals surface area (Å²) in [5, 5.41) is 9.24. The van der Waals surface area contributed by atoms with Crippen molar-refractivity contribution in [2.24, 2.45) is 11.7 Å². The van der Waals surface area contributed by atoms with Crippen LogP contribution in [0.5, 0.6) is 0 Å². The standard InChI is InChI=1S/C13H24N2O3/c1-2-3-4-5-6-11(13(17)18)15-9-10(8-14)7-12(15)16/h10-11H,2-9,14H2,1H3,(H,17,18). The van der Waals surface area contributed by atoms with Crippen molar-refractivity contribution in [3.05, 3.63) is 0 Å². The molecule has 0 spiro atoms. The summed E-state index contributed by atoms with van der Waals surface area (Å²) in [6, 6.07) is -0.661. The van der Waals surface area contributed by atoms with Gasteiger partial charge >= 0.3 is 5.97 Å². The van der Waals surface area contributed by atoms with Gasteiger partial charge in [0.25, 0.3) is 0 Å². The molecule has 5 heteroatoms. The number of likely N-dealkylation sites (tertiary alicyclic amines) is 1. The van der Waals surface area contributed by atoms with Crippen LogP contribution in [0.15, 0.2) is 0 Å². The number of amides is 1. The van der Waals surface area contributed by atoms with Gasteiger partial charge in [-0.1, -0.05) is 32.6 Å². The molecular formula is C13H24N2O3. The highest BCUT2D eigenvalue weighted by molar-refractivity contribution is 5.85. The number of hydrogen-bond donors (Lipinski definition) is 2. The second-order valence-electron chi connectivity index (χ2n) is 5.06. The Hall–Kier alpha value is -1.10. The van der Waals surface area contributed by atoms with E-state index in [9.17, 15) is 14.7 Å². The van der Waals surface area contributed by atoms with Crippen molar-refractivity contribution in [1.82, 2.24) is 4.90 Å². The smallest absolute Gasteiger partial charge is 0.326 e. The van der Waals surface area contributed by atoms with Gasteiger partial charge in [0.15, 0.2) is 0 Å². The Morgan fingerprint density at radius 2 is 2.22 bits per heavy atom. The molecule has 1 aliphatic rings. The van der Waals surface area contributed by atoms with E-state index in [0.29, 0.717) is 25.9 Å². The van der Waals surface area contributed by atoms with E-state index in [1.165, 1.54) is 4.90 Å². The first kappa shape index (κ1) is 15.0. The molecule has 104 valence electrons. The summed E-state index contributed by atoms with van der Waals surface area (Å²) in [7, 11) is 0. The molecule has 1 aliphatic heterocycles. The van der Waals surface area contributed by atoms with Gasteiger partial charge in [0.05, 0.1) is 0 Å². The summed E-state index contributed by atoms with van der Waals surface area (Å²) in [4.78, 5) is 24.6. The molecule has 0 aromatic rings. The van der Waals surface area contributed by atoms with Crippen LogP contribution in [0.25, 0.3) is 0 Å². The molecule has 0 saturated carbocycles. The van der Waals surface area contributed by atoms with Crippen LogP contribution in [-0.2, 0) is 9.59 Å². The van der Waals surface area contributed by atoms with Gasteiger partial charge in [-0.3, -0.25) is 4.79 Å². The van der Waals surface area contributed by atoms with E-state index >= 15 is 0 Å². The molecule has 2 unspecified atom stereocenters. The van der Waals surface area contributed by atoms with Crippen LogP contribution in [0.2, 0.25) is 0 Å². The predicted octanol–water partition coefficient (Wildman–Crippen LogP) is 1.22. The van der Waals surface area contributed by atoms with Crippen LogP contribution >= 0.6 is 0 Å². The molecule has 3 N–H and O–H groups in total. The molecule has 0 bridgehead atoms. The maximum Gasteiger partial charge on any atom is 0.326 e. The highest BCUT2D eigenvalue weighted by Gasteiger charge is 2.36. The second-order valence-corrected chi connectivity index (χ2v) is 5.06. The van der Waals surface area contributed by atoms with Crippen LogP contribution in [0, 0.1) is 5.92 Å². The van der Waals surface area contributed by atoms with E-state index in [4.69, 9.17) is 5.73 Å². The van der Waals surface area contributed by atoms with Crippen LogP contribution < -0.4 is 5.73 Å². The number of unbranched alkanes of at least 4 members (excludes halogenated alkanes) is 3. The summed E-state index contributed by atoms with van der Waals surface area (Å²) in [6.45, 7) is 3.06. The normalized spacial score (nSPS) is 21.3. The number of carbonyl (C=O) groups excluding carboxylic acids is 1. The van der Waals surface area contributed by atoms with Crippen LogP contribution in [0.1, 0.15) is 45.4 Å². The lowest BCUT2D eigenvalue weighted by molar-refractivity contribution is -0.148. The van der Waals surface area contributed by atoms with Crippen LogP contribution in [0.4, 0.5) is 0 Å². The van der Waals surface area contributed by atoms with Gasteiger partial charge in [-0.15, -0.1) is 0 Å². The number of nitrogens with zero attached hydrogens (tertiary/aromatic N) is 1. The highest BCUT2D eigenvalue weighted by atomic mass is 16.4. The quantitative estimate of drug-likeness (QED) is 0.639. The molecule has 1 rings (SSSR count). The molecule has 1 fully saturated rings. The summed E-state index contributed by atoms with van der Waals surface area (Å²) in [5.41, 5.74) is 5.55. The average molecular weight is 256 g/mol. The van der Waals surface area contributed by atoms with Gasteiger partial charge in [0.1, 0.15) is 6.04 Å². The zero-order chi connectivity index (χ0) is 13.5. The molecule has 1 amide bonds. The number of aliphatic carboxylic acids is 1. The van der Waals surface area contributed by atoms with Crippen molar-refractivity contribution in [3.63, 3.8) is 0 Å². The molecule has 18 heavy (non-hydrogen) atoms. The van der Waals surface area contributed by atoms with Crippen molar-refractivity contribution < 1.29 is 14.7 Å². The zero-order valence-electron chi connectivity index (χ0n) is 11.1. The second kappa shape index (κ2) is 7.36. The Balaban J connectivity index is 2.51. The molecule has 0 aromatic carbocycles. The lowest BCUT2D eigenvalue weighted by Crippen LogP contribution is -2.42. The Labute approximate surface area is 108 Å². The predicted molar refractivity (Wildman–Crippen MR) is 69.1 cm³/mol. The number of carboxylic acids is 1. The summed E-state index contributed by atoms with van der Waals surface area (Å²) in [5.74, 6) is -0.833.